The summed E-state index contributed by atoms with van der Waals surface area (Å²) in [6.45, 7) is 10.1. The van der Waals surface area contributed by atoms with Crippen LogP contribution in [0.5, 0.6) is 0 Å². The second-order valence-corrected chi connectivity index (χ2v) is 7.34. The van der Waals surface area contributed by atoms with Crippen LogP contribution >= 0.6 is 8.25 Å². The van der Waals surface area contributed by atoms with Crippen molar-refractivity contribution in [2.75, 3.05) is 13.2 Å². The molecule has 0 aromatic heterocycles. The van der Waals surface area contributed by atoms with E-state index >= 15 is 0 Å². The molecule has 0 fully saturated rings. The van der Waals surface area contributed by atoms with Gasteiger partial charge in [-0.15, -0.1) is 9.05 Å². The summed E-state index contributed by atoms with van der Waals surface area (Å²) in [5.41, 5.74) is 0. The van der Waals surface area contributed by atoms with Crippen LogP contribution in [0, 0.1) is 11.8 Å². The number of unbranched alkanes of at least 4 members (excludes halogenated alkanes) is 4. The van der Waals surface area contributed by atoms with Crippen molar-refractivity contribution in [3.8, 4) is 0 Å². The van der Waals surface area contributed by atoms with Gasteiger partial charge in [0.05, 0.1) is 0 Å². The van der Waals surface area contributed by atoms with E-state index in [9.17, 15) is 4.57 Å². The molecule has 5 heteroatoms. The molecule has 0 aromatic carbocycles. The normalized spacial score (nSPS) is 11.0. The third kappa shape index (κ3) is 21.0. The summed E-state index contributed by atoms with van der Waals surface area (Å²) < 4.78 is 21.8. The molecule has 0 rings (SSSR count). The molecule has 0 radical (unpaired) electrons. The van der Waals surface area contributed by atoms with E-state index in [-0.39, 0.29) is 31.0 Å². The van der Waals surface area contributed by atoms with Gasteiger partial charge in [0.2, 0.25) is 0 Å². The zero-order valence-electron chi connectivity index (χ0n) is 15.9. The molecule has 0 spiro atoms. The predicted octanol–water partition coefficient (Wildman–Crippen LogP) is 3.23. The van der Waals surface area contributed by atoms with Gasteiger partial charge in [-0.3, -0.25) is 0 Å². The third-order valence-electron chi connectivity index (χ3n) is 3.25. The molecule has 0 aromatic rings. The van der Waals surface area contributed by atoms with Crippen molar-refractivity contribution in [3.05, 3.63) is 0 Å². The average Bonchev–Trinajstić information content (AvgIpc) is 2.37. The van der Waals surface area contributed by atoms with Gasteiger partial charge in [0.25, 0.3) is 0 Å². The fraction of sp³-hybridized carbons (Fsp3) is 1.00. The fourth-order valence-electron chi connectivity index (χ4n) is 1.98. The number of hydrogen-bond donors (Lipinski definition) is 0. The van der Waals surface area contributed by atoms with E-state index in [0.717, 1.165) is 37.5 Å². The van der Waals surface area contributed by atoms with Crippen LogP contribution in [0.1, 0.15) is 80.5 Å². The minimum atomic E-state index is -1.90. The smallest absolute Gasteiger partial charge is 1.00 e. The van der Waals surface area contributed by atoms with Crippen molar-refractivity contribution in [2.24, 2.45) is 11.8 Å². The Hall–Kier alpha value is 1.02. The van der Waals surface area contributed by atoms with Crippen molar-refractivity contribution in [1.29, 1.82) is 0 Å². The van der Waals surface area contributed by atoms with Crippen LogP contribution in [0.2, 0.25) is 0 Å². The van der Waals surface area contributed by atoms with Gasteiger partial charge in [0.1, 0.15) is 13.2 Å². The van der Waals surface area contributed by atoms with Crippen molar-refractivity contribution in [1.82, 2.24) is 0 Å². The van der Waals surface area contributed by atoms with Crippen molar-refractivity contribution in [2.45, 2.75) is 79.1 Å². The largest absolute Gasteiger partial charge is 1.00 e. The maximum absolute atomic E-state index is 11.4. The Morgan fingerprint density at radius 3 is 1.48 bits per heavy atom. The average molecular weight is 329 g/mol. The molecule has 0 amide bonds. The number of rotatable bonds is 14. The molecule has 0 saturated heterocycles. The summed E-state index contributed by atoms with van der Waals surface area (Å²) >= 11 is 0. The molecular formula is C16H35NaO3P+. The van der Waals surface area contributed by atoms with Crippen LogP contribution in [0.15, 0.2) is 0 Å². The van der Waals surface area contributed by atoms with E-state index in [1.807, 2.05) is 0 Å². The summed E-state index contributed by atoms with van der Waals surface area (Å²) in [7, 11) is -1.90. The molecular weight excluding hydrogens is 294 g/mol. The first-order valence-corrected chi connectivity index (χ1v) is 9.35. The molecule has 0 aliphatic rings. The first kappa shape index (κ1) is 24.3. The first-order chi connectivity index (χ1) is 9.52. The molecule has 0 unspecified atom stereocenters. The first-order valence-electron chi connectivity index (χ1n) is 8.25. The molecule has 0 heterocycles. The third-order valence-corrected chi connectivity index (χ3v) is 4.03. The molecule has 0 bridgehead atoms. The van der Waals surface area contributed by atoms with Crippen LogP contribution in [0.4, 0.5) is 0 Å². The van der Waals surface area contributed by atoms with Crippen molar-refractivity contribution in [3.63, 3.8) is 0 Å². The standard InChI is InChI=1S/C16H34O3P.Na.H/c1-15(2)11-7-5-9-13-18-20(17)19-14-10-6-8-12-16(3)4;;/h15-16H,5-14H2,1-4H3;;/q2*+1;-1. The van der Waals surface area contributed by atoms with Crippen LogP contribution < -0.4 is 29.6 Å². The predicted molar refractivity (Wildman–Crippen MR) is 87.2 cm³/mol. The maximum Gasteiger partial charge on any atom is 1.00 e. The monoisotopic (exact) mass is 329 g/mol. The minimum absolute atomic E-state index is 0. The van der Waals surface area contributed by atoms with E-state index in [1.165, 1.54) is 25.7 Å². The SMILES string of the molecule is CC(C)CCCCCO[P+](=O)OCCCCCC(C)C.[H-].[Na+]. The molecule has 21 heavy (non-hydrogen) atoms. The van der Waals surface area contributed by atoms with E-state index in [0.29, 0.717) is 13.2 Å². The van der Waals surface area contributed by atoms with Gasteiger partial charge in [-0.25, -0.2) is 0 Å². The fourth-order valence-corrected chi connectivity index (χ4v) is 2.61. The van der Waals surface area contributed by atoms with Gasteiger partial charge < -0.3 is 1.43 Å². The van der Waals surface area contributed by atoms with Gasteiger partial charge in [-0.05, 0) is 24.7 Å². The second kappa shape index (κ2) is 17.4. The van der Waals surface area contributed by atoms with Crippen LogP contribution in [0.25, 0.3) is 0 Å². The molecule has 122 valence electrons. The molecule has 0 saturated carbocycles. The summed E-state index contributed by atoms with van der Waals surface area (Å²) in [6.07, 6.45) is 9.24. The summed E-state index contributed by atoms with van der Waals surface area (Å²) in [4.78, 5) is 0. The van der Waals surface area contributed by atoms with Gasteiger partial charge >= 0.3 is 37.8 Å². The van der Waals surface area contributed by atoms with Crippen LogP contribution in [0.3, 0.4) is 0 Å². The van der Waals surface area contributed by atoms with E-state index in [4.69, 9.17) is 9.05 Å². The molecule has 0 aliphatic heterocycles. The Morgan fingerprint density at radius 2 is 1.14 bits per heavy atom. The van der Waals surface area contributed by atoms with Crippen LogP contribution in [-0.4, -0.2) is 13.2 Å². The Labute approximate surface area is 156 Å². The van der Waals surface area contributed by atoms with E-state index in [1.54, 1.807) is 0 Å². The second-order valence-electron chi connectivity index (χ2n) is 6.38. The zero-order valence-corrected chi connectivity index (χ0v) is 17.8. The molecule has 3 nitrogen and oxygen atoms in total. The number of hydrogen-bond acceptors (Lipinski definition) is 3. The quantitative estimate of drug-likeness (QED) is 0.279. The van der Waals surface area contributed by atoms with Crippen LogP contribution in [-0.2, 0) is 13.6 Å². The Bertz CT molecular complexity index is 219. The Morgan fingerprint density at radius 1 is 0.762 bits per heavy atom. The maximum atomic E-state index is 11.4. The Kier molecular flexibility index (Phi) is 20.1. The Balaban J connectivity index is -0.00000180. The van der Waals surface area contributed by atoms with Gasteiger partial charge in [-0.2, -0.15) is 0 Å². The van der Waals surface area contributed by atoms with E-state index < -0.39 is 8.25 Å². The molecule has 0 N–H and O–H groups in total. The summed E-state index contributed by atoms with van der Waals surface area (Å²) in [6, 6.07) is 0. The van der Waals surface area contributed by atoms with E-state index in [2.05, 4.69) is 27.7 Å². The van der Waals surface area contributed by atoms with Gasteiger partial charge in [-0.1, -0.05) is 66.2 Å². The topological polar surface area (TPSA) is 35.5 Å². The van der Waals surface area contributed by atoms with Crippen molar-refractivity contribution < 1.29 is 44.6 Å². The minimum Gasteiger partial charge on any atom is -1.00 e. The zero-order chi connectivity index (χ0) is 15.2. The molecule has 0 aliphatic carbocycles. The van der Waals surface area contributed by atoms with Crippen molar-refractivity contribution >= 4 is 8.25 Å². The van der Waals surface area contributed by atoms with Gasteiger partial charge in [0, 0.05) is 4.57 Å². The molecule has 0 atom stereocenters. The summed E-state index contributed by atoms with van der Waals surface area (Å²) in [5, 5.41) is 0. The van der Waals surface area contributed by atoms with Gasteiger partial charge in [0.15, 0.2) is 0 Å². The summed E-state index contributed by atoms with van der Waals surface area (Å²) in [5.74, 6) is 1.54.